The van der Waals surface area contributed by atoms with E-state index in [9.17, 15) is 0 Å². The molecule has 0 aromatic heterocycles. The second-order valence-corrected chi connectivity index (χ2v) is 4.03. The van der Waals surface area contributed by atoms with Crippen LogP contribution >= 0.6 is 0 Å². The second kappa shape index (κ2) is 8.08. The lowest BCUT2D eigenvalue weighted by atomic mass is 10.1. The van der Waals surface area contributed by atoms with Gasteiger partial charge in [0.15, 0.2) is 6.29 Å². The van der Waals surface area contributed by atoms with Crippen LogP contribution in [0.1, 0.15) is 46.0 Å². The highest BCUT2D eigenvalue weighted by atomic mass is 16.7. The first-order valence-corrected chi connectivity index (χ1v) is 6.21. The van der Waals surface area contributed by atoms with Gasteiger partial charge in [0.25, 0.3) is 0 Å². The van der Waals surface area contributed by atoms with Gasteiger partial charge in [-0.1, -0.05) is 26.2 Å². The van der Waals surface area contributed by atoms with Crippen molar-refractivity contribution in [1.29, 1.82) is 0 Å². The highest BCUT2D eigenvalue weighted by molar-refractivity contribution is 4.64. The van der Waals surface area contributed by atoms with Crippen LogP contribution in [0.3, 0.4) is 0 Å². The van der Waals surface area contributed by atoms with Crippen molar-refractivity contribution in [3.05, 3.63) is 0 Å². The average molecular weight is 216 g/mol. The maximum absolute atomic E-state index is 5.70. The van der Waals surface area contributed by atoms with Crippen molar-refractivity contribution >= 4 is 0 Å². The Balaban J connectivity index is 1.98. The monoisotopic (exact) mass is 216 g/mol. The Labute approximate surface area is 93.1 Å². The number of rotatable bonds is 8. The topological polar surface area (TPSA) is 27.7 Å². The molecule has 90 valence electrons. The van der Waals surface area contributed by atoms with E-state index in [1.165, 1.54) is 25.7 Å². The molecule has 0 amide bonds. The number of hydrogen-bond acceptors (Lipinski definition) is 3. The molecule has 1 rings (SSSR count). The number of ether oxygens (including phenoxy) is 3. The Bertz CT molecular complexity index is 150. The van der Waals surface area contributed by atoms with E-state index in [0.29, 0.717) is 13.2 Å². The molecule has 0 bridgehead atoms. The summed E-state index contributed by atoms with van der Waals surface area (Å²) in [5, 5.41) is 0. The molecular formula is C12H24O3. The van der Waals surface area contributed by atoms with Gasteiger partial charge < -0.3 is 14.2 Å². The van der Waals surface area contributed by atoms with Crippen molar-refractivity contribution in [2.45, 2.75) is 58.3 Å². The molecule has 15 heavy (non-hydrogen) atoms. The summed E-state index contributed by atoms with van der Waals surface area (Å²) < 4.78 is 16.5. The van der Waals surface area contributed by atoms with E-state index in [1.807, 2.05) is 6.92 Å². The molecule has 1 saturated heterocycles. The maximum atomic E-state index is 5.70. The Morgan fingerprint density at radius 2 is 2.07 bits per heavy atom. The first-order chi connectivity index (χ1) is 7.36. The van der Waals surface area contributed by atoms with E-state index in [-0.39, 0.29) is 12.4 Å². The second-order valence-electron chi connectivity index (χ2n) is 4.03. The van der Waals surface area contributed by atoms with Crippen LogP contribution in [0.15, 0.2) is 0 Å². The summed E-state index contributed by atoms with van der Waals surface area (Å²) in [6.45, 7) is 6.33. The summed E-state index contributed by atoms with van der Waals surface area (Å²) >= 11 is 0. The highest BCUT2D eigenvalue weighted by Gasteiger charge is 2.25. The average Bonchev–Trinajstić information content (AvgIpc) is 2.69. The quantitative estimate of drug-likeness (QED) is 0.584. The van der Waals surface area contributed by atoms with E-state index in [1.54, 1.807) is 0 Å². The largest absolute Gasteiger partial charge is 0.379 e. The van der Waals surface area contributed by atoms with E-state index in [4.69, 9.17) is 14.2 Å². The molecule has 0 aromatic rings. The van der Waals surface area contributed by atoms with Gasteiger partial charge in [0, 0.05) is 6.61 Å². The SMILES string of the molecule is CCCCCCC1OCC(COCC)O1. The molecule has 2 unspecified atom stereocenters. The minimum Gasteiger partial charge on any atom is -0.379 e. The zero-order valence-electron chi connectivity index (χ0n) is 10.0. The van der Waals surface area contributed by atoms with Crippen molar-refractivity contribution in [3.8, 4) is 0 Å². The minimum absolute atomic E-state index is 0.0207. The summed E-state index contributed by atoms with van der Waals surface area (Å²) in [5.74, 6) is 0. The van der Waals surface area contributed by atoms with Gasteiger partial charge in [0.05, 0.1) is 13.2 Å². The van der Waals surface area contributed by atoms with E-state index < -0.39 is 0 Å². The van der Waals surface area contributed by atoms with E-state index in [2.05, 4.69) is 6.92 Å². The zero-order chi connectivity index (χ0) is 10.9. The van der Waals surface area contributed by atoms with Gasteiger partial charge in [-0.25, -0.2) is 0 Å². The maximum Gasteiger partial charge on any atom is 0.158 e. The molecule has 1 aliphatic rings. The molecule has 2 atom stereocenters. The molecule has 0 N–H and O–H groups in total. The zero-order valence-corrected chi connectivity index (χ0v) is 10.0. The Hall–Kier alpha value is -0.120. The van der Waals surface area contributed by atoms with E-state index in [0.717, 1.165) is 13.0 Å². The molecule has 3 nitrogen and oxygen atoms in total. The molecule has 1 aliphatic heterocycles. The summed E-state index contributed by atoms with van der Waals surface area (Å²) in [7, 11) is 0. The van der Waals surface area contributed by atoms with Gasteiger partial charge in [0.1, 0.15) is 6.10 Å². The molecule has 3 heteroatoms. The third kappa shape index (κ3) is 5.50. The molecule has 0 aliphatic carbocycles. The normalized spacial score (nSPS) is 26.0. The standard InChI is InChI=1S/C12H24O3/c1-3-5-6-7-8-12-14-10-11(15-12)9-13-4-2/h11-12H,3-10H2,1-2H3. The van der Waals surface area contributed by atoms with Crippen LogP contribution in [0, 0.1) is 0 Å². The number of unbranched alkanes of at least 4 members (excludes halogenated alkanes) is 3. The molecule has 1 heterocycles. The predicted molar refractivity (Wildman–Crippen MR) is 59.9 cm³/mol. The first kappa shape index (κ1) is 12.9. The van der Waals surface area contributed by atoms with Crippen LogP contribution in [0.25, 0.3) is 0 Å². The van der Waals surface area contributed by atoms with Crippen molar-refractivity contribution in [3.63, 3.8) is 0 Å². The summed E-state index contributed by atoms with van der Waals surface area (Å²) in [5.41, 5.74) is 0. The fourth-order valence-electron chi connectivity index (χ4n) is 1.73. The fourth-order valence-corrected chi connectivity index (χ4v) is 1.73. The lowest BCUT2D eigenvalue weighted by Crippen LogP contribution is -2.18. The number of hydrogen-bond donors (Lipinski definition) is 0. The van der Waals surface area contributed by atoms with Gasteiger partial charge in [0.2, 0.25) is 0 Å². The first-order valence-electron chi connectivity index (χ1n) is 6.21. The van der Waals surface area contributed by atoms with Gasteiger partial charge in [-0.05, 0) is 19.8 Å². The Morgan fingerprint density at radius 1 is 1.20 bits per heavy atom. The van der Waals surface area contributed by atoms with Crippen LogP contribution in [-0.4, -0.2) is 32.2 Å². The van der Waals surface area contributed by atoms with Crippen LogP contribution in [0.4, 0.5) is 0 Å². The molecular weight excluding hydrogens is 192 g/mol. The fraction of sp³-hybridized carbons (Fsp3) is 1.00. The van der Waals surface area contributed by atoms with Crippen LogP contribution in [0.2, 0.25) is 0 Å². The van der Waals surface area contributed by atoms with Crippen LogP contribution < -0.4 is 0 Å². The lowest BCUT2D eigenvalue weighted by Gasteiger charge is -2.11. The summed E-state index contributed by atoms with van der Waals surface area (Å²) in [6, 6.07) is 0. The summed E-state index contributed by atoms with van der Waals surface area (Å²) in [6.07, 6.45) is 6.29. The molecule has 1 fully saturated rings. The van der Waals surface area contributed by atoms with Gasteiger partial charge in [-0.15, -0.1) is 0 Å². The van der Waals surface area contributed by atoms with Gasteiger partial charge >= 0.3 is 0 Å². The smallest absolute Gasteiger partial charge is 0.158 e. The van der Waals surface area contributed by atoms with Crippen molar-refractivity contribution in [1.82, 2.24) is 0 Å². The molecule has 0 radical (unpaired) electrons. The third-order valence-electron chi connectivity index (χ3n) is 2.61. The minimum atomic E-state index is 0.0207. The molecule has 0 saturated carbocycles. The summed E-state index contributed by atoms with van der Waals surface area (Å²) in [4.78, 5) is 0. The lowest BCUT2D eigenvalue weighted by molar-refractivity contribution is -0.0753. The van der Waals surface area contributed by atoms with Crippen LogP contribution in [-0.2, 0) is 14.2 Å². The Morgan fingerprint density at radius 3 is 2.80 bits per heavy atom. The highest BCUT2D eigenvalue weighted by Crippen LogP contribution is 2.17. The molecule has 0 spiro atoms. The molecule has 0 aromatic carbocycles. The van der Waals surface area contributed by atoms with Gasteiger partial charge in [-0.3, -0.25) is 0 Å². The predicted octanol–water partition coefficient (Wildman–Crippen LogP) is 2.73. The van der Waals surface area contributed by atoms with Crippen molar-refractivity contribution < 1.29 is 14.2 Å². The van der Waals surface area contributed by atoms with Crippen molar-refractivity contribution in [2.24, 2.45) is 0 Å². The van der Waals surface area contributed by atoms with E-state index >= 15 is 0 Å². The van der Waals surface area contributed by atoms with Gasteiger partial charge in [-0.2, -0.15) is 0 Å². The van der Waals surface area contributed by atoms with Crippen molar-refractivity contribution in [2.75, 3.05) is 19.8 Å². The Kier molecular flexibility index (Phi) is 6.98. The van der Waals surface area contributed by atoms with Crippen LogP contribution in [0.5, 0.6) is 0 Å². The third-order valence-corrected chi connectivity index (χ3v) is 2.61.